The number of rotatable bonds is 4. The molecule has 4 heteroatoms. The average Bonchev–Trinajstić information content (AvgIpc) is 2.40. The van der Waals surface area contributed by atoms with Crippen molar-refractivity contribution in [1.29, 1.82) is 0 Å². The first-order valence-corrected chi connectivity index (χ1v) is 7.20. The molecule has 19 heavy (non-hydrogen) atoms. The molecule has 1 N–H and O–H groups in total. The highest BCUT2D eigenvalue weighted by Crippen LogP contribution is 2.35. The van der Waals surface area contributed by atoms with Crippen molar-refractivity contribution in [3.05, 3.63) is 57.0 Å². The summed E-state index contributed by atoms with van der Waals surface area (Å²) in [6, 6.07) is 11.5. The molecule has 0 saturated heterocycles. The fourth-order valence-corrected chi connectivity index (χ4v) is 2.50. The Bertz CT molecular complexity index is 582. The first-order chi connectivity index (χ1) is 9.13. The summed E-state index contributed by atoms with van der Waals surface area (Å²) in [7, 11) is 0. The van der Waals surface area contributed by atoms with E-state index in [0.29, 0.717) is 10.0 Å². The Morgan fingerprint density at radius 1 is 1.00 bits per heavy atom. The normalized spacial score (nSPS) is 10.7. The smallest absolute Gasteiger partial charge is 0.0670 e. The van der Waals surface area contributed by atoms with E-state index in [2.05, 4.69) is 12.2 Å². The topological polar surface area (TPSA) is 12.0 Å². The highest BCUT2D eigenvalue weighted by atomic mass is 35.5. The molecule has 0 aliphatic rings. The van der Waals surface area contributed by atoms with Gasteiger partial charge in [0.2, 0.25) is 0 Å². The first kappa shape index (κ1) is 14.7. The molecular formula is C15H14Cl3N. The van der Waals surface area contributed by atoms with E-state index in [1.165, 1.54) is 0 Å². The van der Waals surface area contributed by atoms with E-state index in [1.807, 2.05) is 30.3 Å². The molecule has 0 aromatic heterocycles. The van der Waals surface area contributed by atoms with E-state index in [0.717, 1.165) is 34.8 Å². The maximum absolute atomic E-state index is 6.29. The third-order valence-corrected chi connectivity index (χ3v) is 4.05. The summed E-state index contributed by atoms with van der Waals surface area (Å²) in [6.07, 6.45) is 0. The lowest BCUT2D eigenvalue weighted by atomic mass is 10.0. The Hall–Kier alpha value is -0.730. The number of nitrogens with one attached hydrogen (secondary N) is 1. The van der Waals surface area contributed by atoms with E-state index >= 15 is 0 Å². The van der Waals surface area contributed by atoms with Gasteiger partial charge in [-0.2, -0.15) is 0 Å². The Kier molecular flexibility index (Phi) is 5.12. The highest BCUT2D eigenvalue weighted by molar-refractivity contribution is 6.43. The van der Waals surface area contributed by atoms with Crippen LogP contribution in [0.4, 0.5) is 0 Å². The summed E-state index contributed by atoms with van der Waals surface area (Å²) in [6.45, 7) is 3.74. The summed E-state index contributed by atoms with van der Waals surface area (Å²) in [5, 5.41) is 5.09. The van der Waals surface area contributed by atoms with E-state index < -0.39 is 0 Å². The summed E-state index contributed by atoms with van der Waals surface area (Å²) < 4.78 is 0. The first-order valence-electron chi connectivity index (χ1n) is 6.07. The second-order valence-corrected chi connectivity index (χ2v) is 5.38. The van der Waals surface area contributed by atoms with Gasteiger partial charge < -0.3 is 5.32 Å². The standard InChI is InChI=1S/C15H14Cl3N/c1-2-19-9-11-7-6-10(8-14(11)17)12-4-3-5-13(16)15(12)18/h3-8,19H,2,9H2,1H3. The molecule has 0 saturated carbocycles. The quantitative estimate of drug-likeness (QED) is 0.794. The van der Waals surface area contributed by atoms with Crippen LogP contribution in [0.15, 0.2) is 36.4 Å². The molecule has 0 fully saturated rings. The Morgan fingerprint density at radius 3 is 2.47 bits per heavy atom. The van der Waals surface area contributed by atoms with Crippen molar-refractivity contribution in [2.75, 3.05) is 6.54 Å². The number of hydrogen-bond acceptors (Lipinski definition) is 1. The van der Waals surface area contributed by atoms with E-state index in [-0.39, 0.29) is 0 Å². The van der Waals surface area contributed by atoms with Crippen molar-refractivity contribution in [2.24, 2.45) is 0 Å². The van der Waals surface area contributed by atoms with Gasteiger partial charge in [-0.25, -0.2) is 0 Å². The zero-order chi connectivity index (χ0) is 13.8. The molecule has 0 unspecified atom stereocenters. The zero-order valence-electron chi connectivity index (χ0n) is 10.5. The van der Waals surface area contributed by atoms with Crippen LogP contribution in [0.5, 0.6) is 0 Å². The van der Waals surface area contributed by atoms with E-state index in [1.54, 1.807) is 6.07 Å². The summed E-state index contributed by atoms with van der Waals surface area (Å²) in [4.78, 5) is 0. The molecule has 0 heterocycles. The minimum atomic E-state index is 0.548. The third-order valence-electron chi connectivity index (χ3n) is 2.88. The Balaban J connectivity index is 2.36. The van der Waals surface area contributed by atoms with Crippen LogP contribution in [-0.4, -0.2) is 6.54 Å². The molecule has 1 nitrogen and oxygen atoms in total. The van der Waals surface area contributed by atoms with Crippen LogP contribution < -0.4 is 5.32 Å². The molecule has 2 aromatic carbocycles. The van der Waals surface area contributed by atoms with Crippen LogP contribution >= 0.6 is 34.8 Å². The molecule has 0 radical (unpaired) electrons. The predicted octanol–water partition coefficient (Wildman–Crippen LogP) is 5.42. The SMILES string of the molecule is CCNCc1ccc(-c2cccc(Cl)c2Cl)cc1Cl. The summed E-state index contributed by atoms with van der Waals surface area (Å²) in [5.41, 5.74) is 2.94. The molecule has 0 aliphatic heterocycles. The number of halogens is 3. The van der Waals surface area contributed by atoms with Crippen LogP contribution in [0.25, 0.3) is 11.1 Å². The van der Waals surface area contributed by atoms with Crippen molar-refractivity contribution in [3.63, 3.8) is 0 Å². The van der Waals surface area contributed by atoms with Crippen LogP contribution in [0.1, 0.15) is 12.5 Å². The van der Waals surface area contributed by atoms with Gasteiger partial charge in [0.25, 0.3) is 0 Å². The van der Waals surface area contributed by atoms with Gasteiger partial charge in [0.1, 0.15) is 0 Å². The molecule has 2 aromatic rings. The number of benzene rings is 2. The molecule has 0 amide bonds. The second kappa shape index (κ2) is 6.62. The monoisotopic (exact) mass is 313 g/mol. The largest absolute Gasteiger partial charge is 0.313 e. The second-order valence-electron chi connectivity index (χ2n) is 4.19. The predicted molar refractivity (Wildman–Crippen MR) is 84.3 cm³/mol. The van der Waals surface area contributed by atoms with Crippen molar-refractivity contribution in [2.45, 2.75) is 13.5 Å². The van der Waals surface area contributed by atoms with Gasteiger partial charge in [0.05, 0.1) is 10.0 Å². The molecule has 0 aliphatic carbocycles. The summed E-state index contributed by atoms with van der Waals surface area (Å²) >= 11 is 18.5. The van der Waals surface area contributed by atoms with Gasteiger partial charge in [0.15, 0.2) is 0 Å². The molecule has 2 rings (SSSR count). The lowest BCUT2D eigenvalue weighted by molar-refractivity contribution is 0.727. The van der Waals surface area contributed by atoms with Crippen molar-refractivity contribution < 1.29 is 0 Å². The Morgan fingerprint density at radius 2 is 1.79 bits per heavy atom. The molecule has 0 atom stereocenters. The average molecular weight is 315 g/mol. The van der Waals surface area contributed by atoms with E-state index in [9.17, 15) is 0 Å². The minimum Gasteiger partial charge on any atom is -0.313 e. The fourth-order valence-electron chi connectivity index (χ4n) is 1.84. The van der Waals surface area contributed by atoms with Gasteiger partial charge in [-0.1, -0.05) is 66.0 Å². The number of hydrogen-bond donors (Lipinski definition) is 1. The third kappa shape index (κ3) is 3.43. The molecule has 0 spiro atoms. The minimum absolute atomic E-state index is 0.548. The van der Waals surface area contributed by atoms with Gasteiger partial charge in [-0.15, -0.1) is 0 Å². The zero-order valence-corrected chi connectivity index (χ0v) is 12.8. The van der Waals surface area contributed by atoms with Gasteiger partial charge in [-0.3, -0.25) is 0 Å². The molecule has 100 valence electrons. The fraction of sp³-hybridized carbons (Fsp3) is 0.200. The summed E-state index contributed by atoms with van der Waals surface area (Å²) in [5.74, 6) is 0. The molecular weight excluding hydrogens is 301 g/mol. The van der Waals surface area contributed by atoms with Gasteiger partial charge >= 0.3 is 0 Å². The van der Waals surface area contributed by atoms with Gasteiger partial charge in [0, 0.05) is 17.1 Å². The maximum Gasteiger partial charge on any atom is 0.0670 e. The van der Waals surface area contributed by atoms with Crippen LogP contribution in [0.2, 0.25) is 15.1 Å². The van der Waals surface area contributed by atoms with Crippen molar-refractivity contribution in [3.8, 4) is 11.1 Å². The lowest BCUT2D eigenvalue weighted by Gasteiger charge is -2.10. The Labute approximate surface area is 128 Å². The van der Waals surface area contributed by atoms with Crippen LogP contribution in [0, 0.1) is 0 Å². The van der Waals surface area contributed by atoms with Crippen LogP contribution in [0.3, 0.4) is 0 Å². The van der Waals surface area contributed by atoms with E-state index in [4.69, 9.17) is 34.8 Å². The lowest BCUT2D eigenvalue weighted by Crippen LogP contribution is -2.11. The van der Waals surface area contributed by atoms with Crippen molar-refractivity contribution >= 4 is 34.8 Å². The maximum atomic E-state index is 6.29. The highest BCUT2D eigenvalue weighted by Gasteiger charge is 2.08. The van der Waals surface area contributed by atoms with Gasteiger partial charge in [-0.05, 0) is 29.8 Å². The van der Waals surface area contributed by atoms with Crippen LogP contribution in [-0.2, 0) is 6.54 Å². The molecule has 0 bridgehead atoms. The van der Waals surface area contributed by atoms with Crippen molar-refractivity contribution in [1.82, 2.24) is 5.32 Å².